The van der Waals surface area contributed by atoms with Crippen molar-refractivity contribution in [3.05, 3.63) is 29.3 Å². The minimum absolute atomic E-state index is 0.0193. The Kier molecular flexibility index (Phi) is 3.80. The number of aliphatic carboxylic acids is 1. The molecule has 2 rings (SSSR count). The standard InChI is InChI=1S/C15H20O4/c1-10-4-5-13(19-9-11(2)18-3)12(8-10)15(6-7-15)14(16)17/h4-5,8,11H,6-7,9H2,1-3H3,(H,16,17). The first-order chi connectivity index (χ1) is 8.99. The highest BCUT2D eigenvalue weighted by molar-refractivity contribution is 5.86. The summed E-state index contributed by atoms with van der Waals surface area (Å²) in [5.41, 5.74) is 1.11. The van der Waals surface area contributed by atoms with E-state index in [4.69, 9.17) is 9.47 Å². The lowest BCUT2D eigenvalue weighted by atomic mass is 9.93. The van der Waals surface area contributed by atoms with E-state index >= 15 is 0 Å². The molecule has 0 amide bonds. The zero-order valence-corrected chi connectivity index (χ0v) is 11.6. The van der Waals surface area contributed by atoms with Gasteiger partial charge in [-0.1, -0.05) is 17.7 Å². The molecule has 0 saturated heterocycles. The van der Waals surface area contributed by atoms with Crippen LogP contribution in [0.5, 0.6) is 5.75 Å². The van der Waals surface area contributed by atoms with E-state index in [1.165, 1.54) is 0 Å². The van der Waals surface area contributed by atoms with Crippen molar-refractivity contribution in [1.82, 2.24) is 0 Å². The summed E-state index contributed by atoms with van der Waals surface area (Å²) in [6.45, 7) is 4.29. The van der Waals surface area contributed by atoms with Crippen molar-refractivity contribution in [1.29, 1.82) is 0 Å². The van der Waals surface area contributed by atoms with E-state index in [0.29, 0.717) is 25.2 Å². The van der Waals surface area contributed by atoms with Crippen LogP contribution in [0.3, 0.4) is 0 Å². The minimum Gasteiger partial charge on any atom is -0.491 e. The number of methoxy groups -OCH3 is 1. The summed E-state index contributed by atoms with van der Waals surface area (Å²) in [6, 6.07) is 5.72. The Labute approximate surface area is 113 Å². The Hall–Kier alpha value is -1.55. The predicted octanol–water partition coefficient (Wildman–Crippen LogP) is 2.52. The van der Waals surface area contributed by atoms with Crippen molar-refractivity contribution in [3.8, 4) is 5.75 Å². The molecule has 1 unspecified atom stereocenters. The van der Waals surface area contributed by atoms with Gasteiger partial charge in [0.15, 0.2) is 0 Å². The molecule has 19 heavy (non-hydrogen) atoms. The van der Waals surface area contributed by atoms with Gasteiger partial charge in [-0.3, -0.25) is 4.79 Å². The Morgan fingerprint density at radius 2 is 2.16 bits per heavy atom. The largest absolute Gasteiger partial charge is 0.491 e. The second kappa shape index (κ2) is 5.21. The number of aryl methyl sites for hydroxylation is 1. The summed E-state index contributed by atoms with van der Waals surface area (Å²) in [6.07, 6.45) is 1.35. The summed E-state index contributed by atoms with van der Waals surface area (Å²) in [5.74, 6) is -0.0999. The zero-order valence-electron chi connectivity index (χ0n) is 11.6. The summed E-state index contributed by atoms with van der Waals surface area (Å²) in [4.78, 5) is 11.5. The summed E-state index contributed by atoms with van der Waals surface area (Å²) in [5, 5.41) is 9.42. The number of benzene rings is 1. The highest BCUT2D eigenvalue weighted by Crippen LogP contribution is 2.51. The normalized spacial score (nSPS) is 17.8. The second-order valence-corrected chi connectivity index (χ2v) is 5.24. The molecule has 1 aromatic rings. The van der Waals surface area contributed by atoms with E-state index in [9.17, 15) is 9.90 Å². The number of rotatable bonds is 6. The van der Waals surface area contributed by atoms with Gasteiger partial charge < -0.3 is 14.6 Å². The van der Waals surface area contributed by atoms with Crippen molar-refractivity contribution in [3.63, 3.8) is 0 Å². The van der Waals surface area contributed by atoms with Gasteiger partial charge in [-0.25, -0.2) is 0 Å². The van der Waals surface area contributed by atoms with Crippen molar-refractivity contribution in [2.24, 2.45) is 0 Å². The molecule has 1 atom stereocenters. The van der Waals surface area contributed by atoms with Crippen molar-refractivity contribution >= 4 is 5.97 Å². The lowest BCUT2D eigenvalue weighted by Crippen LogP contribution is -2.22. The van der Waals surface area contributed by atoms with Gasteiger partial charge in [0.1, 0.15) is 12.4 Å². The van der Waals surface area contributed by atoms with Crippen LogP contribution in [0.1, 0.15) is 30.9 Å². The maximum Gasteiger partial charge on any atom is 0.314 e. The van der Waals surface area contributed by atoms with Crippen molar-refractivity contribution in [2.45, 2.75) is 38.2 Å². The molecular weight excluding hydrogens is 244 g/mol. The first-order valence-electron chi connectivity index (χ1n) is 6.50. The highest BCUT2D eigenvalue weighted by Gasteiger charge is 2.53. The van der Waals surface area contributed by atoms with Crippen LogP contribution < -0.4 is 4.74 Å². The van der Waals surface area contributed by atoms with Gasteiger partial charge in [0.2, 0.25) is 0 Å². The van der Waals surface area contributed by atoms with Crippen LogP contribution >= 0.6 is 0 Å². The average Bonchev–Trinajstić information content (AvgIpc) is 3.18. The van der Waals surface area contributed by atoms with Crippen molar-refractivity contribution in [2.75, 3.05) is 13.7 Å². The Morgan fingerprint density at radius 1 is 1.47 bits per heavy atom. The van der Waals surface area contributed by atoms with E-state index in [1.807, 2.05) is 32.0 Å². The molecule has 0 aliphatic heterocycles. The minimum atomic E-state index is -0.761. The van der Waals surface area contributed by atoms with Crippen LogP contribution in [0, 0.1) is 6.92 Å². The number of ether oxygens (including phenoxy) is 2. The molecule has 4 heteroatoms. The van der Waals surface area contributed by atoms with E-state index in [-0.39, 0.29) is 6.10 Å². The Balaban J connectivity index is 2.26. The van der Waals surface area contributed by atoms with Gasteiger partial charge >= 0.3 is 5.97 Å². The Morgan fingerprint density at radius 3 is 2.68 bits per heavy atom. The smallest absolute Gasteiger partial charge is 0.314 e. The molecule has 4 nitrogen and oxygen atoms in total. The van der Waals surface area contributed by atoms with Gasteiger partial charge in [-0.2, -0.15) is 0 Å². The monoisotopic (exact) mass is 264 g/mol. The molecule has 1 fully saturated rings. The molecule has 0 aromatic heterocycles. The van der Waals surface area contributed by atoms with Gasteiger partial charge in [-0.15, -0.1) is 0 Å². The Bertz CT molecular complexity index is 477. The third-order valence-corrected chi connectivity index (χ3v) is 3.69. The molecule has 1 aliphatic rings. The summed E-state index contributed by atoms with van der Waals surface area (Å²) in [7, 11) is 1.63. The number of hydrogen-bond donors (Lipinski definition) is 1. The SMILES string of the molecule is COC(C)COc1ccc(C)cc1C1(C(=O)O)CC1. The van der Waals surface area contributed by atoms with Crippen LogP contribution in [0.4, 0.5) is 0 Å². The molecule has 0 bridgehead atoms. The fourth-order valence-electron chi connectivity index (χ4n) is 2.14. The van der Waals surface area contributed by atoms with Crippen molar-refractivity contribution < 1.29 is 19.4 Å². The van der Waals surface area contributed by atoms with Gasteiger partial charge in [0.05, 0.1) is 11.5 Å². The molecule has 0 heterocycles. The molecule has 1 saturated carbocycles. The fourth-order valence-corrected chi connectivity index (χ4v) is 2.14. The molecule has 0 spiro atoms. The predicted molar refractivity (Wildman–Crippen MR) is 71.7 cm³/mol. The number of carbonyl (C=O) groups is 1. The first kappa shape index (κ1) is 13.9. The van der Waals surface area contributed by atoms with E-state index in [0.717, 1.165) is 11.1 Å². The zero-order chi connectivity index (χ0) is 14.0. The number of carboxylic acids is 1. The van der Waals surface area contributed by atoms with Gasteiger partial charge in [-0.05, 0) is 32.8 Å². The summed E-state index contributed by atoms with van der Waals surface area (Å²) < 4.78 is 10.9. The molecule has 0 radical (unpaired) electrons. The molecule has 1 aromatic carbocycles. The quantitative estimate of drug-likeness (QED) is 0.857. The fraction of sp³-hybridized carbons (Fsp3) is 0.533. The van der Waals surface area contributed by atoms with Crippen LogP contribution in [0.2, 0.25) is 0 Å². The van der Waals surface area contributed by atoms with Crippen LogP contribution in [-0.4, -0.2) is 30.9 Å². The molecule has 1 aliphatic carbocycles. The third-order valence-electron chi connectivity index (χ3n) is 3.69. The molecule has 1 N–H and O–H groups in total. The average molecular weight is 264 g/mol. The molecule has 104 valence electrons. The molecular formula is C15H20O4. The van der Waals surface area contributed by atoms with E-state index in [1.54, 1.807) is 7.11 Å². The van der Waals surface area contributed by atoms with Gasteiger partial charge in [0, 0.05) is 12.7 Å². The number of carboxylic acid groups (broad SMARTS) is 1. The second-order valence-electron chi connectivity index (χ2n) is 5.24. The maximum absolute atomic E-state index is 11.5. The maximum atomic E-state index is 11.5. The van der Waals surface area contributed by atoms with Crippen LogP contribution in [-0.2, 0) is 14.9 Å². The third kappa shape index (κ3) is 2.73. The number of hydrogen-bond acceptors (Lipinski definition) is 3. The lowest BCUT2D eigenvalue weighted by molar-refractivity contribution is -0.140. The topological polar surface area (TPSA) is 55.8 Å². The lowest BCUT2D eigenvalue weighted by Gasteiger charge is -2.18. The first-order valence-corrected chi connectivity index (χ1v) is 6.50. The van der Waals surface area contributed by atoms with Crippen LogP contribution in [0.15, 0.2) is 18.2 Å². The summed E-state index contributed by atoms with van der Waals surface area (Å²) >= 11 is 0. The van der Waals surface area contributed by atoms with E-state index in [2.05, 4.69) is 0 Å². The van der Waals surface area contributed by atoms with Gasteiger partial charge in [0.25, 0.3) is 0 Å². The van der Waals surface area contributed by atoms with E-state index < -0.39 is 11.4 Å². The van der Waals surface area contributed by atoms with Crippen LogP contribution in [0.25, 0.3) is 0 Å². The highest BCUT2D eigenvalue weighted by atomic mass is 16.5.